The van der Waals surface area contributed by atoms with Crippen LogP contribution in [-0.2, 0) is 21.2 Å². The van der Waals surface area contributed by atoms with Gasteiger partial charge in [0, 0.05) is 18.8 Å². The fourth-order valence-electron chi connectivity index (χ4n) is 2.53. The molecule has 0 atom stereocenters. The molecule has 3 rings (SSSR count). The van der Waals surface area contributed by atoms with Gasteiger partial charge in [-0.25, -0.2) is 23.2 Å². The number of nitrogens with zero attached hydrogens (tertiary/aromatic N) is 2. The molecule has 0 unspecified atom stereocenters. The van der Waals surface area contributed by atoms with Crippen molar-refractivity contribution < 1.29 is 18.4 Å². The van der Waals surface area contributed by atoms with E-state index in [1.165, 1.54) is 28.0 Å². The maximum atomic E-state index is 12.9. The Balaban J connectivity index is 1.94. The summed E-state index contributed by atoms with van der Waals surface area (Å²) < 4.78 is 27.1. The van der Waals surface area contributed by atoms with Crippen LogP contribution in [0.25, 0.3) is 6.08 Å². The fraction of sp³-hybridized carbons (Fsp3) is 0.125. The number of aromatic nitrogens is 1. The second kappa shape index (κ2) is 6.42. The maximum Gasteiger partial charge on any atom is 0.267 e. The van der Waals surface area contributed by atoms with E-state index in [2.05, 4.69) is 4.98 Å². The van der Waals surface area contributed by atoms with Crippen molar-refractivity contribution >= 4 is 27.8 Å². The van der Waals surface area contributed by atoms with Crippen molar-refractivity contribution in [3.63, 3.8) is 0 Å². The summed E-state index contributed by atoms with van der Waals surface area (Å²) in [6.45, 7) is 0.349. The van der Waals surface area contributed by atoms with Crippen molar-refractivity contribution in [2.75, 3.05) is 10.8 Å². The largest absolute Gasteiger partial charge is 0.288 e. The summed E-state index contributed by atoms with van der Waals surface area (Å²) in [6.07, 6.45) is 4.72. The van der Waals surface area contributed by atoms with Gasteiger partial charge in [-0.1, -0.05) is 18.2 Å². The highest BCUT2D eigenvalue weighted by Gasteiger charge is 2.31. The van der Waals surface area contributed by atoms with Crippen LogP contribution in [0.5, 0.6) is 0 Å². The molecule has 0 spiro atoms. The first-order valence-corrected chi connectivity index (χ1v) is 8.65. The molecule has 1 aliphatic heterocycles. The molecule has 24 heavy (non-hydrogen) atoms. The third-order valence-corrected chi connectivity index (χ3v) is 5.46. The van der Waals surface area contributed by atoms with E-state index in [4.69, 9.17) is 5.21 Å². The summed E-state index contributed by atoms with van der Waals surface area (Å²) in [4.78, 5) is 15.3. The number of hydrogen-bond donors (Lipinski definition) is 2. The van der Waals surface area contributed by atoms with E-state index in [1.807, 2.05) is 6.07 Å². The van der Waals surface area contributed by atoms with E-state index in [9.17, 15) is 13.2 Å². The molecule has 0 saturated heterocycles. The average molecular weight is 345 g/mol. The van der Waals surface area contributed by atoms with Gasteiger partial charge >= 0.3 is 0 Å². The lowest BCUT2D eigenvalue weighted by molar-refractivity contribution is -0.124. The maximum absolute atomic E-state index is 12.9. The minimum absolute atomic E-state index is 0.118. The Morgan fingerprint density at radius 3 is 2.92 bits per heavy atom. The van der Waals surface area contributed by atoms with Crippen LogP contribution in [0.2, 0.25) is 0 Å². The molecule has 2 N–H and O–H groups in total. The van der Waals surface area contributed by atoms with Crippen molar-refractivity contribution in [1.29, 1.82) is 0 Å². The van der Waals surface area contributed by atoms with Gasteiger partial charge in [0.25, 0.3) is 15.9 Å². The van der Waals surface area contributed by atoms with Gasteiger partial charge in [0.1, 0.15) is 5.82 Å². The molecule has 0 radical (unpaired) electrons. The summed E-state index contributed by atoms with van der Waals surface area (Å²) >= 11 is 0. The van der Waals surface area contributed by atoms with Crippen LogP contribution in [0.15, 0.2) is 53.6 Å². The fourth-order valence-corrected chi connectivity index (χ4v) is 4.04. The Morgan fingerprint density at radius 1 is 1.29 bits per heavy atom. The topological polar surface area (TPSA) is 99.6 Å². The van der Waals surface area contributed by atoms with Crippen LogP contribution in [0.1, 0.15) is 11.1 Å². The number of hydroxylamine groups is 1. The van der Waals surface area contributed by atoms with Gasteiger partial charge in [0.2, 0.25) is 0 Å². The monoisotopic (exact) mass is 345 g/mol. The molecule has 1 aliphatic rings. The molecule has 124 valence electrons. The van der Waals surface area contributed by atoms with Gasteiger partial charge < -0.3 is 0 Å². The number of hydrogen-bond acceptors (Lipinski definition) is 5. The van der Waals surface area contributed by atoms with Crippen LogP contribution in [0.3, 0.4) is 0 Å². The minimum Gasteiger partial charge on any atom is -0.288 e. The molecule has 2 heterocycles. The van der Waals surface area contributed by atoms with Crippen molar-refractivity contribution in [2.45, 2.75) is 11.3 Å². The third-order valence-electron chi connectivity index (χ3n) is 3.67. The number of fused-ring (bicyclic) bond motifs is 1. The van der Waals surface area contributed by atoms with Gasteiger partial charge in [-0.3, -0.25) is 10.0 Å². The summed E-state index contributed by atoms with van der Waals surface area (Å²) in [5.41, 5.74) is 2.90. The third kappa shape index (κ3) is 3.01. The van der Waals surface area contributed by atoms with Crippen LogP contribution >= 0.6 is 0 Å². The van der Waals surface area contributed by atoms with Gasteiger partial charge in [-0.15, -0.1) is 0 Å². The van der Waals surface area contributed by atoms with Gasteiger partial charge in [-0.05, 0) is 41.8 Å². The number of pyridine rings is 1. The Morgan fingerprint density at radius 2 is 2.12 bits per heavy atom. The summed E-state index contributed by atoms with van der Waals surface area (Å²) in [7, 11) is -3.73. The highest BCUT2D eigenvalue weighted by molar-refractivity contribution is 7.92. The Bertz CT molecular complexity index is 909. The van der Waals surface area contributed by atoms with Crippen LogP contribution in [0.4, 0.5) is 5.82 Å². The number of carbonyl (C=O) groups is 1. The molecule has 0 aliphatic carbocycles. The van der Waals surface area contributed by atoms with Gasteiger partial charge in [0.15, 0.2) is 0 Å². The van der Waals surface area contributed by atoms with Crippen LogP contribution < -0.4 is 9.79 Å². The number of benzene rings is 1. The number of carbonyl (C=O) groups excluding carboxylic acids is 1. The number of rotatable bonds is 4. The first-order valence-electron chi connectivity index (χ1n) is 7.21. The molecule has 1 aromatic carbocycles. The van der Waals surface area contributed by atoms with E-state index < -0.39 is 15.9 Å². The van der Waals surface area contributed by atoms with E-state index in [-0.39, 0.29) is 4.90 Å². The quantitative estimate of drug-likeness (QED) is 0.495. The molecule has 0 bridgehead atoms. The SMILES string of the molecule is O=C(/C=C/c1cccc(S(=O)(=O)N2CCc3cccnc32)c1)NO. The molecule has 2 aromatic rings. The standard InChI is InChI=1S/C16H15N3O4S/c20-15(18-21)7-6-12-3-1-5-14(11-12)24(22,23)19-10-8-13-4-2-9-17-16(13)19/h1-7,9,11,21H,8,10H2,(H,18,20)/b7-6+. The Kier molecular flexibility index (Phi) is 4.32. The summed E-state index contributed by atoms with van der Waals surface area (Å²) in [5.74, 6) is -0.237. The predicted molar refractivity (Wildman–Crippen MR) is 87.9 cm³/mol. The zero-order valence-corrected chi connectivity index (χ0v) is 13.4. The molecule has 7 nitrogen and oxygen atoms in total. The minimum atomic E-state index is -3.73. The average Bonchev–Trinajstić information content (AvgIpc) is 3.04. The smallest absolute Gasteiger partial charge is 0.267 e. The van der Waals surface area contributed by atoms with E-state index in [0.717, 1.165) is 11.6 Å². The van der Waals surface area contributed by atoms with Crippen LogP contribution in [0, 0.1) is 0 Å². The zero-order chi connectivity index (χ0) is 17.2. The molecule has 0 fully saturated rings. The number of anilines is 1. The van der Waals surface area contributed by atoms with E-state index in [0.29, 0.717) is 24.3 Å². The molecular formula is C16H15N3O4S. The zero-order valence-electron chi connectivity index (χ0n) is 12.6. The lowest BCUT2D eigenvalue weighted by Gasteiger charge is -2.18. The number of sulfonamides is 1. The molecule has 1 amide bonds. The second-order valence-corrected chi connectivity index (χ2v) is 7.06. The molecule has 0 saturated carbocycles. The van der Waals surface area contributed by atoms with Crippen molar-refractivity contribution in [1.82, 2.24) is 10.5 Å². The number of nitrogens with one attached hydrogen (secondary N) is 1. The molecular weight excluding hydrogens is 330 g/mol. The second-order valence-electron chi connectivity index (χ2n) is 5.20. The highest BCUT2D eigenvalue weighted by Crippen LogP contribution is 2.30. The lowest BCUT2D eigenvalue weighted by atomic mass is 10.2. The molecule has 1 aromatic heterocycles. The van der Waals surface area contributed by atoms with Crippen molar-refractivity contribution in [3.8, 4) is 0 Å². The Hall–Kier alpha value is -2.71. The van der Waals surface area contributed by atoms with E-state index >= 15 is 0 Å². The first-order chi connectivity index (χ1) is 11.5. The first kappa shape index (κ1) is 16.2. The molecule has 8 heteroatoms. The van der Waals surface area contributed by atoms with E-state index in [1.54, 1.807) is 24.4 Å². The summed E-state index contributed by atoms with van der Waals surface area (Å²) in [5, 5.41) is 8.47. The highest BCUT2D eigenvalue weighted by atomic mass is 32.2. The lowest BCUT2D eigenvalue weighted by Crippen LogP contribution is -2.29. The Labute approximate surface area is 139 Å². The number of amides is 1. The van der Waals surface area contributed by atoms with Gasteiger partial charge in [0.05, 0.1) is 4.90 Å². The van der Waals surface area contributed by atoms with Crippen molar-refractivity contribution in [3.05, 3.63) is 59.8 Å². The normalized spacial score (nSPS) is 14.0. The van der Waals surface area contributed by atoms with Gasteiger partial charge in [-0.2, -0.15) is 0 Å². The van der Waals surface area contributed by atoms with Crippen molar-refractivity contribution in [2.24, 2.45) is 0 Å². The summed E-state index contributed by atoms with van der Waals surface area (Å²) in [6, 6.07) is 9.88. The van der Waals surface area contributed by atoms with Crippen LogP contribution in [-0.4, -0.2) is 31.1 Å². The predicted octanol–water partition coefficient (Wildman–Crippen LogP) is 1.35.